The molecule has 1 aliphatic heterocycles. The number of aromatic nitrogens is 1. The summed E-state index contributed by atoms with van der Waals surface area (Å²) in [7, 11) is 3.89. The molecular formula is C28H28F4N4O3. The maximum Gasteiger partial charge on any atom is 0.417 e. The first-order valence-corrected chi connectivity index (χ1v) is 12.3. The molecule has 1 saturated heterocycles. The Balaban J connectivity index is 1.36. The fourth-order valence-corrected chi connectivity index (χ4v) is 4.23. The predicted octanol–water partition coefficient (Wildman–Crippen LogP) is 4.57. The molecule has 4 rings (SSSR count). The number of carbonyl (C=O) groups is 2. The molecule has 1 aromatic heterocycles. The normalized spacial score (nSPS) is 15.2. The molecule has 39 heavy (non-hydrogen) atoms. The van der Waals surface area contributed by atoms with Crippen molar-refractivity contribution in [3.05, 3.63) is 88.9 Å². The molecule has 1 aliphatic rings. The van der Waals surface area contributed by atoms with Gasteiger partial charge in [-0.05, 0) is 48.4 Å². The smallest absolute Gasteiger partial charge is 0.417 e. The van der Waals surface area contributed by atoms with Crippen molar-refractivity contribution in [1.29, 1.82) is 0 Å². The van der Waals surface area contributed by atoms with Gasteiger partial charge in [0.15, 0.2) is 0 Å². The fourth-order valence-electron chi connectivity index (χ4n) is 4.23. The van der Waals surface area contributed by atoms with E-state index in [-0.39, 0.29) is 23.6 Å². The van der Waals surface area contributed by atoms with Gasteiger partial charge >= 0.3 is 6.18 Å². The van der Waals surface area contributed by atoms with Crippen molar-refractivity contribution < 1.29 is 31.9 Å². The van der Waals surface area contributed by atoms with Crippen LogP contribution in [0, 0.1) is 5.82 Å². The lowest BCUT2D eigenvalue weighted by atomic mass is 10.0. The van der Waals surface area contributed by atoms with Crippen LogP contribution in [0.25, 0.3) is 0 Å². The molecule has 0 radical (unpaired) electrons. The quantitative estimate of drug-likeness (QED) is 0.421. The number of alkyl halides is 3. The van der Waals surface area contributed by atoms with Crippen LogP contribution in [0.3, 0.4) is 0 Å². The van der Waals surface area contributed by atoms with Crippen molar-refractivity contribution in [2.45, 2.75) is 25.1 Å². The van der Waals surface area contributed by atoms with E-state index in [1.807, 2.05) is 43.3 Å². The Morgan fingerprint density at radius 3 is 2.46 bits per heavy atom. The molecule has 1 N–H and O–H groups in total. The number of hydrogen-bond acceptors (Lipinski definition) is 5. The maximum absolute atomic E-state index is 14.0. The van der Waals surface area contributed by atoms with Gasteiger partial charge in [-0.2, -0.15) is 13.2 Å². The molecule has 0 saturated carbocycles. The standard InChI is InChI=1S/C28H28F4N4O3/c1-35(2)21-7-3-18(4-8-21)11-13-33-26(37)24-15-20(29)6-9-23(24)27(38)36-14-12-22(17-36)39-25-10-5-19(16-34-25)28(30,31)32/h3-10,15-16,22H,11-14,17H2,1-2H3,(H,33,37)/t22-/m0/s1. The first-order chi connectivity index (χ1) is 18.5. The van der Waals surface area contributed by atoms with E-state index in [2.05, 4.69) is 10.3 Å². The molecule has 0 bridgehead atoms. The number of ether oxygens (including phenoxy) is 1. The number of likely N-dealkylation sites (tertiary alicyclic amines) is 1. The highest BCUT2D eigenvalue weighted by Crippen LogP contribution is 2.29. The number of nitrogens with one attached hydrogen (secondary N) is 1. The predicted molar refractivity (Wildman–Crippen MR) is 137 cm³/mol. The summed E-state index contributed by atoms with van der Waals surface area (Å²) in [5.74, 6) is -1.66. The maximum atomic E-state index is 14.0. The SMILES string of the molecule is CN(C)c1ccc(CCNC(=O)c2cc(F)ccc2C(=O)N2CC[C@H](Oc3ccc(C(F)(F)F)cn3)C2)cc1. The van der Waals surface area contributed by atoms with E-state index in [0.29, 0.717) is 32.1 Å². The van der Waals surface area contributed by atoms with Crippen LogP contribution >= 0.6 is 0 Å². The highest BCUT2D eigenvalue weighted by molar-refractivity contribution is 6.07. The molecule has 0 spiro atoms. The van der Waals surface area contributed by atoms with Crippen LogP contribution in [0.1, 0.15) is 38.3 Å². The number of carbonyl (C=O) groups excluding carboxylic acids is 2. The van der Waals surface area contributed by atoms with Crippen LogP contribution in [0.2, 0.25) is 0 Å². The van der Waals surface area contributed by atoms with Crippen molar-refractivity contribution in [1.82, 2.24) is 15.2 Å². The lowest BCUT2D eigenvalue weighted by Crippen LogP contribution is -2.34. The van der Waals surface area contributed by atoms with Gasteiger partial charge in [0.05, 0.1) is 23.2 Å². The third-order valence-corrected chi connectivity index (χ3v) is 6.39. The monoisotopic (exact) mass is 544 g/mol. The number of halogens is 4. The minimum absolute atomic E-state index is 0.0144. The topological polar surface area (TPSA) is 74.8 Å². The van der Waals surface area contributed by atoms with E-state index >= 15 is 0 Å². The molecule has 3 aromatic rings. The third-order valence-electron chi connectivity index (χ3n) is 6.39. The molecule has 1 fully saturated rings. The molecule has 0 aliphatic carbocycles. The van der Waals surface area contributed by atoms with Gasteiger partial charge < -0.3 is 19.9 Å². The summed E-state index contributed by atoms with van der Waals surface area (Å²) in [6.07, 6.45) is -3.33. The third kappa shape index (κ3) is 7.04. The fraction of sp³-hybridized carbons (Fsp3) is 0.321. The highest BCUT2D eigenvalue weighted by atomic mass is 19.4. The largest absolute Gasteiger partial charge is 0.472 e. The average Bonchev–Trinajstić information content (AvgIpc) is 3.36. The van der Waals surface area contributed by atoms with Crippen LogP contribution in [0.15, 0.2) is 60.8 Å². The Labute approximate surface area is 223 Å². The van der Waals surface area contributed by atoms with E-state index in [0.717, 1.165) is 35.5 Å². The zero-order valence-corrected chi connectivity index (χ0v) is 21.5. The number of hydrogen-bond donors (Lipinski definition) is 1. The average molecular weight is 545 g/mol. The number of rotatable bonds is 8. The van der Waals surface area contributed by atoms with Crippen LogP contribution in [0.5, 0.6) is 5.88 Å². The van der Waals surface area contributed by atoms with Crippen molar-refractivity contribution in [3.63, 3.8) is 0 Å². The van der Waals surface area contributed by atoms with E-state index < -0.39 is 35.5 Å². The molecule has 2 heterocycles. The number of amides is 2. The molecule has 2 aromatic carbocycles. The van der Waals surface area contributed by atoms with Crippen molar-refractivity contribution >= 4 is 17.5 Å². The second-order valence-electron chi connectivity index (χ2n) is 9.42. The highest BCUT2D eigenvalue weighted by Gasteiger charge is 2.32. The number of nitrogens with zero attached hydrogens (tertiary/aromatic N) is 3. The second kappa shape index (κ2) is 11.7. The molecule has 7 nitrogen and oxygen atoms in total. The van der Waals surface area contributed by atoms with Gasteiger partial charge in [-0.25, -0.2) is 9.37 Å². The minimum Gasteiger partial charge on any atom is -0.472 e. The number of pyridine rings is 1. The van der Waals surface area contributed by atoms with E-state index in [9.17, 15) is 27.2 Å². The molecule has 0 unspecified atom stereocenters. The summed E-state index contributed by atoms with van der Waals surface area (Å²) in [6, 6.07) is 13.3. The van der Waals surface area contributed by atoms with Gasteiger partial charge in [0.25, 0.3) is 11.8 Å². The Kier molecular flexibility index (Phi) is 8.37. The summed E-state index contributed by atoms with van der Waals surface area (Å²) in [5.41, 5.74) is 1.16. The first kappa shape index (κ1) is 27.9. The zero-order valence-electron chi connectivity index (χ0n) is 21.5. The van der Waals surface area contributed by atoms with Crippen molar-refractivity contribution in [2.75, 3.05) is 38.6 Å². The van der Waals surface area contributed by atoms with Crippen LogP contribution < -0.4 is 15.0 Å². The summed E-state index contributed by atoms with van der Waals surface area (Å²) in [6.45, 7) is 0.735. The number of benzene rings is 2. The summed E-state index contributed by atoms with van der Waals surface area (Å²) in [4.78, 5) is 33.3. The molecular weight excluding hydrogens is 516 g/mol. The van der Waals surface area contributed by atoms with Gasteiger partial charge in [0.1, 0.15) is 11.9 Å². The molecule has 2 amide bonds. The zero-order chi connectivity index (χ0) is 28.2. The lowest BCUT2D eigenvalue weighted by Gasteiger charge is -2.19. The Hall–Kier alpha value is -4.15. The molecule has 206 valence electrons. The minimum atomic E-state index is -4.50. The van der Waals surface area contributed by atoms with Gasteiger partial charge in [-0.3, -0.25) is 9.59 Å². The van der Waals surface area contributed by atoms with Crippen molar-refractivity contribution in [3.8, 4) is 5.88 Å². The molecule has 1 atom stereocenters. The van der Waals surface area contributed by atoms with Gasteiger partial charge in [0, 0.05) is 51.6 Å². The summed E-state index contributed by atoms with van der Waals surface area (Å²) < 4.78 is 57.9. The van der Waals surface area contributed by atoms with Gasteiger partial charge in [-0.1, -0.05) is 12.1 Å². The van der Waals surface area contributed by atoms with E-state index in [4.69, 9.17) is 4.74 Å². The van der Waals surface area contributed by atoms with Crippen molar-refractivity contribution in [2.24, 2.45) is 0 Å². The summed E-state index contributed by atoms with van der Waals surface area (Å²) >= 11 is 0. The van der Waals surface area contributed by atoms with Crippen LogP contribution in [0.4, 0.5) is 23.2 Å². The summed E-state index contributed by atoms with van der Waals surface area (Å²) in [5, 5.41) is 2.75. The lowest BCUT2D eigenvalue weighted by molar-refractivity contribution is -0.137. The Bertz CT molecular complexity index is 1310. The second-order valence-corrected chi connectivity index (χ2v) is 9.42. The Morgan fingerprint density at radius 1 is 1.08 bits per heavy atom. The Morgan fingerprint density at radius 2 is 1.82 bits per heavy atom. The first-order valence-electron chi connectivity index (χ1n) is 12.3. The molecule has 11 heteroatoms. The van der Waals surface area contributed by atoms with Gasteiger partial charge in [-0.15, -0.1) is 0 Å². The van der Waals surface area contributed by atoms with Gasteiger partial charge in [0.2, 0.25) is 5.88 Å². The van der Waals surface area contributed by atoms with E-state index in [1.165, 1.54) is 11.0 Å². The van der Waals surface area contributed by atoms with Crippen LogP contribution in [-0.2, 0) is 12.6 Å². The van der Waals surface area contributed by atoms with Crippen LogP contribution in [-0.4, -0.2) is 61.5 Å². The van der Waals surface area contributed by atoms with E-state index in [1.54, 1.807) is 0 Å². The number of anilines is 1.